The fourth-order valence-corrected chi connectivity index (χ4v) is 2.80. The highest BCUT2D eigenvalue weighted by atomic mass is 19.1. The van der Waals surface area contributed by atoms with Crippen molar-refractivity contribution in [2.45, 2.75) is 26.4 Å². The van der Waals surface area contributed by atoms with Crippen molar-refractivity contribution in [3.05, 3.63) is 47.9 Å². The molecule has 0 saturated carbocycles. The lowest BCUT2D eigenvalue weighted by atomic mass is 10.1. The number of hydrogen-bond acceptors (Lipinski definition) is 4. The molecule has 0 aliphatic heterocycles. The molecule has 0 unspecified atom stereocenters. The van der Waals surface area contributed by atoms with Crippen molar-refractivity contribution in [2.24, 2.45) is 7.05 Å². The molecule has 3 aromatic rings. The van der Waals surface area contributed by atoms with E-state index in [0.29, 0.717) is 47.4 Å². The van der Waals surface area contributed by atoms with Crippen LogP contribution in [0.5, 0.6) is 0 Å². The summed E-state index contributed by atoms with van der Waals surface area (Å²) in [5.74, 6) is -0.624. The molecule has 2 heterocycles. The number of nitrogens with zero attached hydrogens (tertiary/aromatic N) is 3. The Morgan fingerprint density at radius 2 is 2.11 bits per heavy atom. The van der Waals surface area contributed by atoms with Crippen LogP contribution in [0.1, 0.15) is 30.6 Å². The van der Waals surface area contributed by atoms with E-state index in [2.05, 4.69) is 15.4 Å². The van der Waals surface area contributed by atoms with Crippen molar-refractivity contribution >= 4 is 16.9 Å². The van der Waals surface area contributed by atoms with Crippen LogP contribution in [0.2, 0.25) is 0 Å². The summed E-state index contributed by atoms with van der Waals surface area (Å²) in [5.41, 5.74) is 1.71. The molecular weight excluding hydrogens is 347 g/mol. The van der Waals surface area contributed by atoms with Crippen LogP contribution in [0.25, 0.3) is 22.3 Å². The Labute approximate surface area is 157 Å². The van der Waals surface area contributed by atoms with Crippen molar-refractivity contribution < 1.29 is 13.9 Å². The van der Waals surface area contributed by atoms with Crippen LogP contribution >= 0.6 is 0 Å². The number of carbonyl (C=O) groups is 1. The van der Waals surface area contributed by atoms with Gasteiger partial charge < -0.3 is 10.1 Å². The summed E-state index contributed by atoms with van der Waals surface area (Å²) >= 11 is 0. The van der Waals surface area contributed by atoms with E-state index in [9.17, 15) is 9.18 Å². The van der Waals surface area contributed by atoms with Crippen LogP contribution in [0.15, 0.2) is 36.5 Å². The Hall–Kier alpha value is -2.80. The fraction of sp³-hybridized carbons (Fsp3) is 0.350. The van der Waals surface area contributed by atoms with Gasteiger partial charge in [-0.05, 0) is 38.5 Å². The number of hydrogen-bond donors (Lipinski definition) is 1. The minimum absolute atomic E-state index is 0.166. The van der Waals surface area contributed by atoms with Crippen molar-refractivity contribution in [1.82, 2.24) is 20.1 Å². The molecule has 1 N–H and O–H groups in total. The number of ether oxygens (including phenoxy) is 1. The van der Waals surface area contributed by atoms with Gasteiger partial charge in [0.05, 0.1) is 28.9 Å². The number of aromatic nitrogens is 3. The van der Waals surface area contributed by atoms with Gasteiger partial charge >= 0.3 is 0 Å². The summed E-state index contributed by atoms with van der Waals surface area (Å²) < 4.78 is 21.3. The molecular formula is C20H23FN4O2. The van der Waals surface area contributed by atoms with Crippen molar-refractivity contribution in [3.8, 4) is 11.3 Å². The molecule has 0 atom stereocenters. The molecule has 1 amide bonds. The molecule has 0 radical (unpaired) electrons. The Morgan fingerprint density at radius 1 is 1.33 bits per heavy atom. The summed E-state index contributed by atoms with van der Waals surface area (Å²) in [6.07, 6.45) is 2.48. The van der Waals surface area contributed by atoms with Crippen LogP contribution < -0.4 is 5.32 Å². The second-order valence-electron chi connectivity index (χ2n) is 6.57. The number of nitrogens with one attached hydrogen (secondary N) is 1. The first-order valence-corrected chi connectivity index (χ1v) is 8.95. The quantitative estimate of drug-likeness (QED) is 0.648. The van der Waals surface area contributed by atoms with Gasteiger partial charge in [-0.15, -0.1) is 0 Å². The number of halogens is 1. The third kappa shape index (κ3) is 4.31. The number of rotatable bonds is 7. The number of fused-ring (bicyclic) bond motifs is 1. The summed E-state index contributed by atoms with van der Waals surface area (Å²) in [6.45, 7) is 5.01. The zero-order valence-corrected chi connectivity index (χ0v) is 15.7. The van der Waals surface area contributed by atoms with Gasteiger partial charge in [0, 0.05) is 25.8 Å². The summed E-state index contributed by atoms with van der Waals surface area (Å²) in [6, 6.07) is 7.99. The molecule has 2 aromatic heterocycles. The average molecular weight is 370 g/mol. The second kappa shape index (κ2) is 8.26. The van der Waals surface area contributed by atoms with Gasteiger partial charge in [-0.25, -0.2) is 9.37 Å². The number of benzene rings is 1. The molecule has 0 aliphatic rings. The zero-order valence-electron chi connectivity index (χ0n) is 15.7. The predicted molar refractivity (Wildman–Crippen MR) is 102 cm³/mol. The SMILES string of the molecule is CC(C)OCCCNC(=O)c1cc(-c2ccccc2F)nc2c1cnn2C. The second-order valence-corrected chi connectivity index (χ2v) is 6.57. The van der Waals surface area contributed by atoms with Gasteiger partial charge in [-0.1, -0.05) is 12.1 Å². The number of pyridine rings is 1. The molecule has 0 spiro atoms. The van der Waals surface area contributed by atoms with E-state index in [1.54, 1.807) is 42.2 Å². The van der Waals surface area contributed by atoms with Gasteiger partial charge in [0.25, 0.3) is 5.91 Å². The molecule has 1 aromatic carbocycles. The average Bonchev–Trinajstić information content (AvgIpc) is 3.02. The van der Waals surface area contributed by atoms with Gasteiger partial charge in [0.15, 0.2) is 5.65 Å². The van der Waals surface area contributed by atoms with Crippen LogP contribution in [-0.2, 0) is 11.8 Å². The lowest BCUT2D eigenvalue weighted by molar-refractivity contribution is 0.0757. The van der Waals surface area contributed by atoms with Gasteiger partial charge in [-0.3, -0.25) is 9.48 Å². The Morgan fingerprint density at radius 3 is 2.85 bits per heavy atom. The van der Waals surface area contributed by atoms with Gasteiger partial charge in [0.2, 0.25) is 0 Å². The first-order chi connectivity index (χ1) is 13.0. The monoisotopic (exact) mass is 370 g/mol. The van der Waals surface area contributed by atoms with E-state index in [0.717, 1.165) is 0 Å². The largest absolute Gasteiger partial charge is 0.379 e. The first-order valence-electron chi connectivity index (χ1n) is 8.95. The highest BCUT2D eigenvalue weighted by Crippen LogP contribution is 2.26. The molecule has 6 nitrogen and oxygen atoms in total. The summed E-state index contributed by atoms with van der Waals surface area (Å²) in [7, 11) is 1.74. The van der Waals surface area contributed by atoms with E-state index in [-0.39, 0.29) is 17.8 Å². The highest BCUT2D eigenvalue weighted by Gasteiger charge is 2.17. The predicted octanol–water partition coefficient (Wildman–Crippen LogP) is 3.32. The first kappa shape index (κ1) is 19.0. The highest BCUT2D eigenvalue weighted by molar-refractivity contribution is 6.06. The topological polar surface area (TPSA) is 69.0 Å². The standard InChI is InChI=1S/C20H23FN4O2/c1-13(2)27-10-6-9-22-20(26)15-11-18(14-7-4-5-8-17(14)21)24-19-16(15)12-23-25(19)3/h4-5,7-8,11-13H,6,9-10H2,1-3H3,(H,22,26). The van der Waals surface area contributed by atoms with E-state index in [1.807, 2.05) is 13.8 Å². The van der Waals surface area contributed by atoms with Crippen molar-refractivity contribution in [2.75, 3.05) is 13.2 Å². The third-order valence-electron chi connectivity index (χ3n) is 4.16. The smallest absolute Gasteiger partial charge is 0.252 e. The van der Waals surface area contributed by atoms with Crippen LogP contribution in [0, 0.1) is 5.82 Å². The molecule has 0 fully saturated rings. The third-order valence-corrected chi connectivity index (χ3v) is 4.16. The number of carbonyl (C=O) groups excluding carboxylic acids is 1. The Balaban J connectivity index is 1.88. The normalized spacial score (nSPS) is 11.3. The van der Waals surface area contributed by atoms with E-state index >= 15 is 0 Å². The lowest BCUT2D eigenvalue weighted by Crippen LogP contribution is -2.26. The Kier molecular flexibility index (Phi) is 5.81. The minimum atomic E-state index is -0.385. The number of amides is 1. The van der Waals surface area contributed by atoms with E-state index < -0.39 is 0 Å². The van der Waals surface area contributed by atoms with Crippen LogP contribution in [0.4, 0.5) is 4.39 Å². The van der Waals surface area contributed by atoms with Crippen LogP contribution in [0.3, 0.4) is 0 Å². The molecule has 3 rings (SSSR count). The summed E-state index contributed by atoms with van der Waals surface area (Å²) in [5, 5.41) is 7.71. The maximum absolute atomic E-state index is 14.2. The lowest BCUT2D eigenvalue weighted by Gasteiger charge is -2.10. The van der Waals surface area contributed by atoms with Gasteiger partial charge in [-0.2, -0.15) is 5.10 Å². The summed E-state index contributed by atoms with van der Waals surface area (Å²) in [4.78, 5) is 17.2. The number of aryl methyl sites for hydroxylation is 1. The van der Waals surface area contributed by atoms with E-state index in [1.165, 1.54) is 6.07 Å². The van der Waals surface area contributed by atoms with Crippen molar-refractivity contribution in [3.63, 3.8) is 0 Å². The van der Waals surface area contributed by atoms with Crippen LogP contribution in [-0.4, -0.2) is 39.9 Å². The maximum Gasteiger partial charge on any atom is 0.252 e. The molecule has 0 aliphatic carbocycles. The van der Waals surface area contributed by atoms with Gasteiger partial charge in [0.1, 0.15) is 5.82 Å². The molecule has 0 bridgehead atoms. The zero-order chi connectivity index (χ0) is 19.4. The fourth-order valence-electron chi connectivity index (χ4n) is 2.80. The molecule has 142 valence electrons. The minimum Gasteiger partial charge on any atom is -0.379 e. The van der Waals surface area contributed by atoms with Crippen molar-refractivity contribution in [1.29, 1.82) is 0 Å². The molecule has 0 saturated heterocycles. The maximum atomic E-state index is 14.2. The molecule has 7 heteroatoms. The van der Waals surface area contributed by atoms with E-state index in [4.69, 9.17) is 4.74 Å². The molecule has 27 heavy (non-hydrogen) atoms. The Bertz CT molecular complexity index is 952.